The number of ether oxygens (including phenoxy) is 2. The van der Waals surface area contributed by atoms with Crippen LogP contribution in [0.3, 0.4) is 0 Å². The van der Waals surface area contributed by atoms with E-state index in [1.807, 2.05) is 0 Å². The van der Waals surface area contributed by atoms with E-state index in [1.54, 1.807) is 0 Å². The number of carbonyl (C=O) groups excluding carboxylic acids is 2. The molecule has 0 rings (SSSR count). The topological polar surface area (TPSA) is 134 Å². The summed E-state index contributed by atoms with van der Waals surface area (Å²) in [4.78, 5) is 35.3. The molecule has 484 valence electrons. The molecule has 0 aliphatic rings. The Hall–Kier alpha value is -2.55. The number of esters is 2. The van der Waals surface area contributed by atoms with E-state index in [1.165, 1.54) is 231 Å². The SMILES string of the molecule is CC/C=C\C/C=C\C/C=C\C/C=C\C/C=C\CCCCCCCC(=O)OC(COC(=O)CCCCCCCCCCCCCCCCCCCCCCCCCCCCCCC/C=C\CCCCCCCCCC)COP(=O)(O)OCCN. The lowest BCUT2D eigenvalue weighted by molar-refractivity contribution is -0.161. The van der Waals surface area contributed by atoms with Crippen LogP contribution >= 0.6 is 7.82 Å². The van der Waals surface area contributed by atoms with Gasteiger partial charge in [0, 0.05) is 19.4 Å². The quantitative estimate of drug-likeness (QED) is 0.0264. The third-order valence-corrected chi connectivity index (χ3v) is 16.6. The van der Waals surface area contributed by atoms with Crippen molar-refractivity contribution in [3.05, 3.63) is 72.9 Å². The fourth-order valence-electron chi connectivity index (χ4n) is 10.4. The third kappa shape index (κ3) is 68.4. The van der Waals surface area contributed by atoms with Gasteiger partial charge in [0.25, 0.3) is 0 Å². The molecule has 2 atom stereocenters. The molecule has 0 heterocycles. The number of carbonyl (C=O) groups is 2. The zero-order valence-electron chi connectivity index (χ0n) is 54.4. The maximum atomic E-state index is 12.7. The van der Waals surface area contributed by atoms with Gasteiger partial charge in [-0.05, 0) is 83.5 Å². The number of hydrogen-bond donors (Lipinski definition) is 2. The van der Waals surface area contributed by atoms with E-state index in [0.717, 1.165) is 83.5 Å². The zero-order chi connectivity index (χ0) is 60.1. The van der Waals surface area contributed by atoms with Crippen molar-refractivity contribution < 1.29 is 37.6 Å². The van der Waals surface area contributed by atoms with Gasteiger partial charge in [-0.25, -0.2) is 4.57 Å². The number of hydrogen-bond acceptors (Lipinski definition) is 8. The van der Waals surface area contributed by atoms with E-state index in [4.69, 9.17) is 24.3 Å². The van der Waals surface area contributed by atoms with Crippen LogP contribution in [0.15, 0.2) is 72.9 Å². The van der Waals surface area contributed by atoms with Gasteiger partial charge in [0.1, 0.15) is 6.61 Å². The Morgan fingerprint density at radius 2 is 0.663 bits per heavy atom. The smallest absolute Gasteiger partial charge is 0.462 e. The molecule has 0 aliphatic heterocycles. The predicted octanol–water partition coefficient (Wildman–Crippen LogP) is 23.2. The first-order valence-corrected chi connectivity index (χ1v) is 36.9. The van der Waals surface area contributed by atoms with Crippen LogP contribution in [-0.4, -0.2) is 49.3 Å². The fraction of sp³-hybridized carbons (Fsp3) is 0.808. The standard InChI is InChI=1S/C73H134NO8P/c1-3-5-7-9-11-13-15-17-19-21-23-25-26-27-28-29-30-31-32-33-34-35-36-37-38-39-40-41-42-43-44-46-47-49-51-53-55-57-59-61-63-65-72(75)79-69-71(70-81-83(77,78)80-68-67-74)82-73(76)66-64-62-60-58-56-54-52-50-48-45-24-22-20-18-16-14-12-10-8-6-4-2/h6,8,12,14,18,20-21,23-24,45,50,52,71H,3-5,7,9-11,13,15-17,19,22,25-44,46-49,51,53-70,74H2,1-2H3,(H,77,78)/b8-6-,14-12-,20-18-,23-21-,45-24-,52-50-. The van der Waals surface area contributed by atoms with Crippen molar-refractivity contribution in [2.45, 2.75) is 354 Å². The average Bonchev–Trinajstić information content (AvgIpc) is 3.49. The molecule has 0 fully saturated rings. The van der Waals surface area contributed by atoms with Crippen molar-refractivity contribution >= 4 is 19.8 Å². The van der Waals surface area contributed by atoms with Gasteiger partial charge in [0.05, 0.1) is 13.2 Å². The minimum Gasteiger partial charge on any atom is -0.462 e. The summed E-state index contributed by atoms with van der Waals surface area (Å²) in [5.41, 5.74) is 5.39. The summed E-state index contributed by atoms with van der Waals surface area (Å²) < 4.78 is 33.1. The molecule has 0 saturated heterocycles. The molecule has 0 aliphatic carbocycles. The highest BCUT2D eigenvalue weighted by molar-refractivity contribution is 7.47. The first-order valence-electron chi connectivity index (χ1n) is 35.4. The minimum absolute atomic E-state index is 0.0482. The molecule has 0 spiro atoms. The normalized spacial score (nSPS) is 13.3. The lowest BCUT2D eigenvalue weighted by atomic mass is 10.0. The highest BCUT2D eigenvalue weighted by Gasteiger charge is 2.26. The number of unbranched alkanes of at least 4 members (excludes halogenated alkanes) is 42. The van der Waals surface area contributed by atoms with Crippen LogP contribution in [0.4, 0.5) is 0 Å². The van der Waals surface area contributed by atoms with E-state index in [9.17, 15) is 19.0 Å². The second kappa shape index (κ2) is 68.6. The summed E-state index contributed by atoms with van der Waals surface area (Å²) in [7, 11) is -4.40. The van der Waals surface area contributed by atoms with Gasteiger partial charge >= 0.3 is 19.8 Å². The summed E-state index contributed by atoms with van der Waals surface area (Å²) in [6.45, 7) is 3.64. The van der Waals surface area contributed by atoms with Gasteiger partial charge < -0.3 is 20.1 Å². The van der Waals surface area contributed by atoms with Crippen molar-refractivity contribution in [3.63, 3.8) is 0 Å². The second-order valence-corrected chi connectivity index (χ2v) is 25.2. The predicted molar refractivity (Wildman–Crippen MR) is 358 cm³/mol. The van der Waals surface area contributed by atoms with E-state index in [0.29, 0.717) is 6.42 Å². The highest BCUT2D eigenvalue weighted by Crippen LogP contribution is 2.43. The van der Waals surface area contributed by atoms with Gasteiger partial charge in [-0.2, -0.15) is 0 Å². The number of phosphoric acid groups is 1. The first kappa shape index (κ1) is 80.5. The Labute approximate surface area is 513 Å². The van der Waals surface area contributed by atoms with Crippen LogP contribution in [0, 0.1) is 0 Å². The van der Waals surface area contributed by atoms with Crippen molar-refractivity contribution in [2.24, 2.45) is 5.73 Å². The first-order chi connectivity index (χ1) is 40.8. The van der Waals surface area contributed by atoms with Crippen LogP contribution in [0.2, 0.25) is 0 Å². The van der Waals surface area contributed by atoms with Crippen molar-refractivity contribution in [3.8, 4) is 0 Å². The summed E-state index contributed by atoms with van der Waals surface area (Å²) in [5, 5.41) is 0. The minimum atomic E-state index is -4.40. The molecule has 0 radical (unpaired) electrons. The Balaban J connectivity index is 3.76. The van der Waals surface area contributed by atoms with Crippen molar-refractivity contribution in [2.75, 3.05) is 26.4 Å². The highest BCUT2D eigenvalue weighted by atomic mass is 31.2. The number of rotatable bonds is 67. The zero-order valence-corrected chi connectivity index (χ0v) is 55.3. The van der Waals surface area contributed by atoms with E-state index >= 15 is 0 Å². The van der Waals surface area contributed by atoms with Gasteiger partial charge in [-0.15, -0.1) is 0 Å². The lowest BCUT2D eigenvalue weighted by Gasteiger charge is -2.19. The van der Waals surface area contributed by atoms with Crippen molar-refractivity contribution in [1.29, 1.82) is 0 Å². The lowest BCUT2D eigenvalue weighted by Crippen LogP contribution is -2.29. The second-order valence-electron chi connectivity index (χ2n) is 23.7. The van der Waals surface area contributed by atoms with Crippen LogP contribution in [0.5, 0.6) is 0 Å². The van der Waals surface area contributed by atoms with E-state index in [2.05, 4.69) is 86.8 Å². The molecule has 0 aromatic rings. The van der Waals surface area contributed by atoms with Crippen LogP contribution in [0.1, 0.15) is 348 Å². The molecule has 2 unspecified atom stereocenters. The number of allylic oxidation sites excluding steroid dienone is 12. The molecule has 0 aromatic heterocycles. The summed E-state index contributed by atoms with van der Waals surface area (Å²) in [6.07, 6.45) is 90.3. The fourth-order valence-corrected chi connectivity index (χ4v) is 11.1. The molecular formula is C73H134NO8P. The van der Waals surface area contributed by atoms with Crippen molar-refractivity contribution in [1.82, 2.24) is 0 Å². The van der Waals surface area contributed by atoms with Crippen LogP contribution in [-0.2, 0) is 32.7 Å². The summed E-state index contributed by atoms with van der Waals surface area (Å²) >= 11 is 0. The van der Waals surface area contributed by atoms with Crippen LogP contribution in [0.25, 0.3) is 0 Å². The third-order valence-electron chi connectivity index (χ3n) is 15.6. The van der Waals surface area contributed by atoms with Crippen LogP contribution < -0.4 is 5.73 Å². The molecule has 0 bridgehead atoms. The van der Waals surface area contributed by atoms with Gasteiger partial charge in [-0.1, -0.05) is 324 Å². The molecule has 0 amide bonds. The molecular weight excluding hydrogens is 1050 g/mol. The Kier molecular flexibility index (Phi) is 66.5. The van der Waals surface area contributed by atoms with E-state index < -0.39 is 26.5 Å². The maximum absolute atomic E-state index is 12.7. The Morgan fingerprint density at radius 1 is 0.373 bits per heavy atom. The molecule has 83 heavy (non-hydrogen) atoms. The van der Waals surface area contributed by atoms with Gasteiger partial charge in [0.2, 0.25) is 0 Å². The summed E-state index contributed by atoms with van der Waals surface area (Å²) in [5.74, 6) is -0.839. The molecule has 9 nitrogen and oxygen atoms in total. The number of phosphoric ester groups is 1. The van der Waals surface area contributed by atoms with Gasteiger partial charge in [0.15, 0.2) is 6.10 Å². The monoisotopic (exact) mass is 1180 g/mol. The molecule has 10 heteroatoms. The maximum Gasteiger partial charge on any atom is 0.472 e. The largest absolute Gasteiger partial charge is 0.472 e. The van der Waals surface area contributed by atoms with E-state index in [-0.39, 0.29) is 38.6 Å². The summed E-state index contributed by atoms with van der Waals surface area (Å²) in [6, 6.07) is 0. The average molecular weight is 1180 g/mol. The molecule has 3 N–H and O–H groups in total. The molecule has 0 saturated carbocycles. The molecule has 0 aromatic carbocycles. The van der Waals surface area contributed by atoms with Gasteiger partial charge in [-0.3, -0.25) is 18.6 Å². The Bertz CT molecular complexity index is 1590. The Morgan fingerprint density at radius 3 is 1.00 bits per heavy atom. The number of nitrogens with two attached hydrogens (primary N) is 1.